The minimum atomic E-state index is -0.0922. The fourth-order valence-electron chi connectivity index (χ4n) is 2.59. The van der Waals surface area contributed by atoms with Gasteiger partial charge in [0.1, 0.15) is 0 Å². The fourth-order valence-corrected chi connectivity index (χ4v) is 2.59. The van der Waals surface area contributed by atoms with Crippen LogP contribution in [0.5, 0.6) is 0 Å². The molecule has 2 heteroatoms. The zero-order chi connectivity index (χ0) is 9.97. The first-order valence-corrected chi connectivity index (χ1v) is 6.20. The van der Waals surface area contributed by atoms with Gasteiger partial charge in [-0.2, -0.15) is 0 Å². The molecule has 0 heterocycles. The molecule has 0 aromatic rings. The SMILES string of the molecule is CC(CC1CC1)N[C@@H]1CCCC[C@H]1O. The molecule has 0 saturated heterocycles. The van der Waals surface area contributed by atoms with E-state index in [0.717, 1.165) is 18.8 Å². The maximum Gasteiger partial charge on any atom is 0.0693 e. The van der Waals surface area contributed by atoms with Gasteiger partial charge < -0.3 is 10.4 Å². The van der Waals surface area contributed by atoms with E-state index >= 15 is 0 Å². The van der Waals surface area contributed by atoms with Gasteiger partial charge in [-0.1, -0.05) is 25.7 Å². The second-order valence-electron chi connectivity index (χ2n) is 5.21. The minimum absolute atomic E-state index is 0.0922. The molecule has 0 amide bonds. The van der Waals surface area contributed by atoms with Crippen molar-refractivity contribution < 1.29 is 5.11 Å². The molecule has 2 saturated carbocycles. The fraction of sp³-hybridized carbons (Fsp3) is 1.00. The summed E-state index contributed by atoms with van der Waals surface area (Å²) in [7, 11) is 0. The van der Waals surface area contributed by atoms with Crippen molar-refractivity contribution in [1.82, 2.24) is 5.32 Å². The predicted octanol–water partition coefficient (Wildman–Crippen LogP) is 2.07. The Balaban J connectivity index is 1.70. The summed E-state index contributed by atoms with van der Waals surface area (Å²) in [6.07, 6.45) is 8.72. The lowest BCUT2D eigenvalue weighted by Gasteiger charge is -2.31. The van der Waals surface area contributed by atoms with Crippen LogP contribution < -0.4 is 5.32 Å². The standard InChI is InChI=1S/C12H23NO/c1-9(8-10-6-7-10)13-11-4-2-3-5-12(11)14/h9-14H,2-8H2,1H3/t9?,11-,12-/m1/s1. The summed E-state index contributed by atoms with van der Waals surface area (Å²) in [5.74, 6) is 0.984. The van der Waals surface area contributed by atoms with Crippen molar-refractivity contribution in [3.8, 4) is 0 Å². The Kier molecular flexibility index (Phi) is 3.45. The van der Waals surface area contributed by atoms with Crippen LogP contribution in [-0.4, -0.2) is 23.3 Å². The monoisotopic (exact) mass is 197 g/mol. The van der Waals surface area contributed by atoms with Crippen molar-refractivity contribution in [2.24, 2.45) is 5.92 Å². The summed E-state index contributed by atoms with van der Waals surface area (Å²) in [4.78, 5) is 0. The van der Waals surface area contributed by atoms with Crippen LogP contribution in [0, 0.1) is 5.92 Å². The maximum atomic E-state index is 9.81. The second-order valence-corrected chi connectivity index (χ2v) is 5.21. The molecule has 2 N–H and O–H groups in total. The molecular formula is C12H23NO. The van der Waals surface area contributed by atoms with E-state index in [1.807, 2.05) is 0 Å². The summed E-state index contributed by atoms with van der Waals surface area (Å²) >= 11 is 0. The van der Waals surface area contributed by atoms with Crippen LogP contribution >= 0.6 is 0 Å². The summed E-state index contributed by atoms with van der Waals surface area (Å²) in [6.45, 7) is 2.26. The number of hydrogen-bond acceptors (Lipinski definition) is 2. The molecule has 0 spiro atoms. The van der Waals surface area contributed by atoms with Crippen molar-refractivity contribution in [3.05, 3.63) is 0 Å². The molecule has 0 aliphatic heterocycles. The topological polar surface area (TPSA) is 32.3 Å². The molecule has 2 nitrogen and oxygen atoms in total. The smallest absolute Gasteiger partial charge is 0.0693 e. The van der Waals surface area contributed by atoms with Gasteiger partial charge in [-0.25, -0.2) is 0 Å². The summed E-state index contributed by atoms with van der Waals surface area (Å²) in [6, 6.07) is 0.970. The van der Waals surface area contributed by atoms with E-state index in [1.165, 1.54) is 32.1 Å². The Bertz CT molecular complexity index is 179. The van der Waals surface area contributed by atoms with E-state index in [0.29, 0.717) is 12.1 Å². The zero-order valence-electron chi connectivity index (χ0n) is 9.21. The van der Waals surface area contributed by atoms with Gasteiger partial charge in [-0.15, -0.1) is 0 Å². The van der Waals surface area contributed by atoms with Gasteiger partial charge in [-0.3, -0.25) is 0 Å². The van der Waals surface area contributed by atoms with Crippen molar-refractivity contribution in [1.29, 1.82) is 0 Å². The highest BCUT2D eigenvalue weighted by Gasteiger charge is 2.27. The first kappa shape index (κ1) is 10.4. The van der Waals surface area contributed by atoms with Gasteiger partial charge in [0.2, 0.25) is 0 Å². The van der Waals surface area contributed by atoms with Crippen LogP contribution in [-0.2, 0) is 0 Å². The van der Waals surface area contributed by atoms with E-state index in [4.69, 9.17) is 0 Å². The van der Waals surface area contributed by atoms with Crippen LogP contribution in [0.4, 0.5) is 0 Å². The Morgan fingerprint density at radius 2 is 1.93 bits per heavy atom. The molecule has 1 unspecified atom stereocenters. The summed E-state index contributed by atoms with van der Waals surface area (Å²) in [5, 5.41) is 13.4. The van der Waals surface area contributed by atoms with E-state index < -0.39 is 0 Å². The number of aliphatic hydroxyl groups excluding tert-OH is 1. The lowest BCUT2D eigenvalue weighted by atomic mass is 9.92. The summed E-state index contributed by atoms with van der Waals surface area (Å²) < 4.78 is 0. The van der Waals surface area contributed by atoms with Gasteiger partial charge in [0.05, 0.1) is 6.10 Å². The molecule has 0 radical (unpaired) electrons. The third-order valence-electron chi connectivity index (χ3n) is 3.61. The molecule has 3 atom stereocenters. The Labute approximate surface area is 87.1 Å². The van der Waals surface area contributed by atoms with Crippen LogP contribution in [0.25, 0.3) is 0 Å². The van der Waals surface area contributed by atoms with Crippen LogP contribution in [0.2, 0.25) is 0 Å². The number of rotatable bonds is 4. The third kappa shape index (κ3) is 2.96. The number of nitrogens with one attached hydrogen (secondary N) is 1. The molecule has 2 rings (SSSR count). The highest BCUT2D eigenvalue weighted by atomic mass is 16.3. The van der Waals surface area contributed by atoms with Crippen molar-refractivity contribution >= 4 is 0 Å². The highest BCUT2D eigenvalue weighted by Crippen LogP contribution is 2.33. The van der Waals surface area contributed by atoms with Crippen molar-refractivity contribution in [2.45, 2.75) is 70.1 Å². The van der Waals surface area contributed by atoms with Gasteiger partial charge >= 0.3 is 0 Å². The molecule has 2 aliphatic rings. The number of aliphatic hydroxyl groups is 1. The largest absolute Gasteiger partial charge is 0.392 e. The quantitative estimate of drug-likeness (QED) is 0.723. The molecule has 2 fully saturated rings. The zero-order valence-corrected chi connectivity index (χ0v) is 9.21. The molecule has 2 aliphatic carbocycles. The first-order chi connectivity index (χ1) is 6.75. The Hall–Kier alpha value is -0.0800. The number of hydrogen-bond donors (Lipinski definition) is 2. The van der Waals surface area contributed by atoms with Gasteiger partial charge in [-0.05, 0) is 32.1 Å². The third-order valence-corrected chi connectivity index (χ3v) is 3.61. The molecule has 14 heavy (non-hydrogen) atoms. The predicted molar refractivity (Wildman–Crippen MR) is 58.2 cm³/mol. The summed E-state index contributed by atoms with van der Waals surface area (Å²) in [5.41, 5.74) is 0. The lowest BCUT2D eigenvalue weighted by molar-refractivity contribution is 0.0850. The van der Waals surface area contributed by atoms with E-state index in [-0.39, 0.29) is 6.10 Å². The Morgan fingerprint density at radius 3 is 2.57 bits per heavy atom. The average Bonchev–Trinajstić information content (AvgIpc) is 2.93. The lowest BCUT2D eigenvalue weighted by Crippen LogP contribution is -2.46. The van der Waals surface area contributed by atoms with Crippen molar-refractivity contribution in [3.63, 3.8) is 0 Å². The first-order valence-electron chi connectivity index (χ1n) is 6.20. The maximum absolute atomic E-state index is 9.81. The van der Waals surface area contributed by atoms with E-state index in [9.17, 15) is 5.11 Å². The van der Waals surface area contributed by atoms with Gasteiger partial charge in [0, 0.05) is 12.1 Å². The molecule has 82 valence electrons. The van der Waals surface area contributed by atoms with Crippen molar-refractivity contribution in [2.75, 3.05) is 0 Å². The molecule has 0 bridgehead atoms. The Morgan fingerprint density at radius 1 is 1.21 bits per heavy atom. The van der Waals surface area contributed by atoms with Crippen LogP contribution in [0.1, 0.15) is 51.9 Å². The van der Waals surface area contributed by atoms with Gasteiger partial charge in [0.15, 0.2) is 0 Å². The molecular weight excluding hydrogens is 174 g/mol. The van der Waals surface area contributed by atoms with Crippen LogP contribution in [0.15, 0.2) is 0 Å². The molecule has 0 aromatic heterocycles. The van der Waals surface area contributed by atoms with E-state index in [1.54, 1.807) is 0 Å². The highest BCUT2D eigenvalue weighted by molar-refractivity contribution is 4.85. The van der Waals surface area contributed by atoms with Gasteiger partial charge in [0.25, 0.3) is 0 Å². The van der Waals surface area contributed by atoms with E-state index in [2.05, 4.69) is 12.2 Å². The minimum Gasteiger partial charge on any atom is -0.392 e. The molecule has 0 aromatic carbocycles. The average molecular weight is 197 g/mol. The second kappa shape index (κ2) is 4.63. The van der Waals surface area contributed by atoms with Crippen LogP contribution in [0.3, 0.4) is 0 Å². The normalized spacial score (nSPS) is 35.6.